The minimum atomic E-state index is 0.715. The smallest absolute Gasteiger partial charge is 0.205 e. The third-order valence-electron chi connectivity index (χ3n) is 2.76. The molecule has 3 rings (SSSR count). The summed E-state index contributed by atoms with van der Waals surface area (Å²) in [7, 11) is 0. The van der Waals surface area contributed by atoms with Gasteiger partial charge in [-0.3, -0.25) is 4.98 Å². The molecule has 16 heavy (non-hydrogen) atoms. The van der Waals surface area contributed by atoms with E-state index >= 15 is 0 Å². The molecule has 0 N–H and O–H groups in total. The maximum atomic E-state index is 6.09. The maximum Gasteiger partial charge on any atom is 0.205 e. The minimum Gasteiger partial charge on any atom is -0.335 e. The number of imidazole rings is 1. The van der Waals surface area contributed by atoms with Crippen LogP contribution in [0, 0.1) is 0 Å². The molecule has 5 heteroatoms. The number of pyridine rings is 1. The normalized spacial score (nSPS) is 14.2. The second-order valence-electron chi connectivity index (χ2n) is 3.77. The molecule has 4 nitrogen and oxygen atoms in total. The van der Waals surface area contributed by atoms with Crippen molar-refractivity contribution in [2.24, 2.45) is 0 Å². The van der Waals surface area contributed by atoms with E-state index < -0.39 is 0 Å². The summed E-state index contributed by atoms with van der Waals surface area (Å²) < 4.78 is 2.14. The summed E-state index contributed by atoms with van der Waals surface area (Å²) in [4.78, 5) is 10.8. The van der Waals surface area contributed by atoms with Gasteiger partial charge in [-0.25, -0.2) is 4.98 Å². The molecule has 0 amide bonds. The van der Waals surface area contributed by atoms with Crippen LogP contribution in [0.15, 0.2) is 30.7 Å². The Bertz CT molecular complexity index is 508. The largest absolute Gasteiger partial charge is 0.335 e. The fraction of sp³-hybridized carbons (Fsp3) is 0.273. The van der Waals surface area contributed by atoms with E-state index in [1.165, 1.54) is 0 Å². The number of hydrogen-bond donors (Lipinski definition) is 0. The van der Waals surface area contributed by atoms with Gasteiger partial charge in [0.25, 0.3) is 0 Å². The fourth-order valence-corrected chi connectivity index (χ4v) is 2.13. The average Bonchev–Trinajstić information content (AvgIpc) is 2.86. The number of anilines is 1. The van der Waals surface area contributed by atoms with Crippen molar-refractivity contribution in [3.63, 3.8) is 0 Å². The highest BCUT2D eigenvalue weighted by molar-refractivity contribution is 6.31. The third-order valence-corrected chi connectivity index (χ3v) is 3.11. The number of hydrogen-bond acceptors (Lipinski definition) is 3. The summed E-state index contributed by atoms with van der Waals surface area (Å²) >= 11 is 6.09. The predicted octanol–water partition coefficient (Wildman–Crippen LogP) is 1.95. The molecule has 0 radical (unpaired) electrons. The van der Waals surface area contributed by atoms with E-state index in [1.54, 1.807) is 6.20 Å². The number of rotatable bonds is 2. The van der Waals surface area contributed by atoms with E-state index in [2.05, 4.69) is 19.4 Å². The Balaban J connectivity index is 1.85. The van der Waals surface area contributed by atoms with Crippen LogP contribution in [0.5, 0.6) is 0 Å². The summed E-state index contributed by atoms with van der Waals surface area (Å²) in [6, 6.07) is 3.71. The van der Waals surface area contributed by atoms with Crippen LogP contribution in [-0.2, 0) is 13.1 Å². The molecule has 0 atom stereocenters. The van der Waals surface area contributed by atoms with Crippen LogP contribution < -0.4 is 4.90 Å². The van der Waals surface area contributed by atoms with Gasteiger partial charge in [0, 0.05) is 31.7 Å². The monoisotopic (exact) mass is 234 g/mol. The van der Waals surface area contributed by atoms with Gasteiger partial charge in [0.1, 0.15) is 0 Å². The highest BCUT2D eigenvalue weighted by Gasteiger charge is 2.20. The minimum absolute atomic E-state index is 0.715. The number of aromatic nitrogens is 3. The second-order valence-corrected chi connectivity index (χ2v) is 4.18. The van der Waals surface area contributed by atoms with Crippen molar-refractivity contribution in [2.45, 2.75) is 13.1 Å². The molecule has 0 aromatic carbocycles. The van der Waals surface area contributed by atoms with Crippen molar-refractivity contribution in [2.75, 3.05) is 11.4 Å². The molecule has 0 saturated carbocycles. The van der Waals surface area contributed by atoms with E-state index in [1.807, 2.05) is 24.5 Å². The van der Waals surface area contributed by atoms with Gasteiger partial charge in [0.15, 0.2) is 0 Å². The molecule has 0 fully saturated rings. The molecular weight excluding hydrogens is 224 g/mol. The SMILES string of the molecule is Clc1cccnc1CN1CCn2ccnc21. The van der Waals surface area contributed by atoms with Crippen LogP contribution in [0.4, 0.5) is 5.95 Å². The molecule has 0 aliphatic carbocycles. The van der Waals surface area contributed by atoms with Crippen LogP contribution in [0.3, 0.4) is 0 Å². The van der Waals surface area contributed by atoms with Gasteiger partial charge in [-0.1, -0.05) is 11.6 Å². The lowest BCUT2D eigenvalue weighted by Crippen LogP contribution is -2.21. The lowest BCUT2D eigenvalue weighted by molar-refractivity contribution is 0.762. The Kier molecular flexibility index (Phi) is 2.29. The first kappa shape index (κ1) is 9.66. The Morgan fingerprint density at radius 3 is 3.06 bits per heavy atom. The van der Waals surface area contributed by atoms with E-state index in [4.69, 9.17) is 11.6 Å². The van der Waals surface area contributed by atoms with Crippen molar-refractivity contribution >= 4 is 17.5 Å². The van der Waals surface area contributed by atoms with E-state index in [0.717, 1.165) is 31.3 Å². The van der Waals surface area contributed by atoms with Gasteiger partial charge < -0.3 is 9.47 Å². The first-order valence-corrected chi connectivity index (χ1v) is 5.58. The number of halogens is 1. The van der Waals surface area contributed by atoms with Crippen LogP contribution >= 0.6 is 11.6 Å². The van der Waals surface area contributed by atoms with Crippen molar-refractivity contribution < 1.29 is 0 Å². The van der Waals surface area contributed by atoms with Crippen LogP contribution in [-0.4, -0.2) is 21.1 Å². The Hall–Kier alpha value is -1.55. The number of fused-ring (bicyclic) bond motifs is 1. The van der Waals surface area contributed by atoms with E-state index in [-0.39, 0.29) is 0 Å². The maximum absolute atomic E-state index is 6.09. The van der Waals surface area contributed by atoms with Crippen LogP contribution in [0.1, 0.15) is 5.69 Å². The van der Waals surface area contributed by atoms with Crippen molar-refractivity contribution in [3.8, 4) is 0 Å². The summed E-state index contributed by atoms with van der Waals surface area (Å²) in [6.07, 6.45) is 5.58. The molecule has 0 unspecified atom stereocenters. The Morgan fingerprint density at radius 1 is 1.25 bits per heavy atom. The molecule has 1 aliphatic rings. The lowest BCUT2D eigenvalue weighted by atomic mass is 10.3. The first-order chi connectivity index (χ1) is 7.84. The molecular formula is C11H11ClN4. The molecule has 0 saturated heterocycles. The van der Waals surface area contributed by atoms with Crippen LogP contribution in [0.25, 0.3) is 0 Å². The Labute approximate surface area is 98.5 Å². The van der Waals surface area contributed by atoms with Crippen molar-refractivity contribution in [1.82, 2.24) is 14.5 Å². The highest BCUT2D eigenvalue weighted by Crippen LogP contribution is 2.22. The molecule has 0 bridgehead atoms. The highest BCUT2D eigenvalue weighted by atomic mass is 35.5. The average molecular weight is 235 g/mol. The van der Waals surface area contributed by atoms with Gasteiger partial charge in [0.2, 0.25) is 5.95 Å². The number of nitrogens with zero attached hydrogens (tertiary/aromatic N) is 4. The quantitative estimate of drug-likeness (QED) is 0.797. The van der Waals surface area contributed by atoms with Gasteiger partial charge in [0.05, 0.1) is 17.3 Å². The third kappa shape index (κ3) is 1.55. The van der Waals surface area contributed by atoms with E-state index in [0.29, 0.717) is 5.02 Å². The van der Waals surface area contributed by atoms with Crippen molar-refractivity contribution in [1.29, 1.82) is 0 Å². The summed E-state index contributed by atoms with van der Waals surface area (Å²) in [5.74, 6) is 1.00. The van der Waals surface area contributed by atoms with Gasteiger partial charge in [-0.15, -0.1) is 0 Å². The van der Waals surface area contributed by atoms with Crippen LogP contribution in [0.2, 0.25) is 5.02 Å². The van der Waals surface area contributed by atoms with E-state index in [9.17, 15) is 0 Å². The topological polar surface area (TPSA) is 34.0 Å². The molecule has 2 aromatic rings. The molecule has 82 valence electrons. The molecule has 1 aliphatic heterocycles. The molecule has 3 heterocycles. The molecule has 2 aromatic heterocycles. The summed E-state index contributed by atoms with van der Waals surface area (Å²) in [5.41, 5.74) is 0.903. The standard InChI is InChI=1S/C11H11ClN4/c12-9-2-1-3-13-10(9)8-16-7-6-15-5-4-14-11(15)16/h1-5H,6-8H2. The Morgan fingerprint density at radius 2 is 2.19 bits per heavy atom. The zero-order valence-electron chi connectivity index (χ0n) is 8.67. The predicted molar refractivity (Wildman–Crippen MR) is 62.5 cm³/mol. The van der Waals surface area contributed by atoms with Gasteiger partial charge in [-0.2, -0.15) is 0 Å². The fourth-order valence-electron chi connectivity index (χ4n) is 1.95. The lowest BCUT2D eigenvalue weighted by Gasteiger charge is -2.15. The molecule has 0 spiro atoms. The zero-order chi connectivity index (χ0) is 11.0. The second kappa shape index (κ2) is 3.79. The first-order valence-electron chi connectivity index (χ1n) is 5.20. The summed E-state index contributed by atoms with van der Waals surface area (Å²) in [6.45, 7) is 2.67. The zero-order valence-corrected chi connectivity index (χ0v) is 9.43. The van der Waals surface area contributed by atoms with Gasteiger partial charge in [-0.05, 0) is 12.1 Å². The van der Waals surface area contributed by atoms with Gasteiger partial charge >= 0.3 is 0 Å². The van der Waals surface area contributed by atoms with Crippen molar-refractivity contribution in [3.05, 3.63) is 41.4 Å². The summed E-state index contributed by atoms with van der Waals surface area (Å²) in [5, 5.41) is 0.715.